The molecule has 0 radical (unpaired) electrons. The van der Waals surface area contributed by atoms with E-state index in [2.05, 4.69) is 26.2 Å². The second-order valence-electron chi connectivity index (χ2n) is 4.13. The highest BCUT2D eigenvalue weighted by atomic mass is 79.9. The van der Waals surface area contributed by atoms with Crippen molar-refractivity contribution >= 4 is 27.6 Å². The summed E-state index contributed by atoms with van der Waals surface area (Å²) in [5, 5.41) is 12.4. The van der Waals surface area contributed by atoms with Crippen molar-refractivity contribution in [2.75, 3.05) is 5.32 Å². The zero-order valence-corrected chi connectivity index (χ0v) is 11.9. The van der Waals surface area contributed by atoms with Gasteiger partial charge in [0.05, 0.1) is 0 Å². The maximum absolute atomic E-state index is 11.5. The van der Waals surface area contributed by atoms with Crippen LogP contribution in [0.2, 0.25) is 0 Å². The number of aliphatic carboxylic acids is 1. The van der Waals surface area contributed by atoms with Crippen LogP contribution in [0.3, 0.4) is 0 Å². The van der Waals surface area contributed by atoms with Gasteiger partial charge >= 0.3 is 5.97 Å². The van der Waals surface area contributed by atoms with Crippen LogP contribution in [0.4, 0.5) is 5.69 Å². The minimum atomic E-state index is -0.938. The van der Waals surface area contributed by atoms with Gasteiger partial charge in [0.25, 0.3) is 0 Å². The number of carboxylic acid groups (broad SMARTS) is 1. The van der Waals surface area contributed by atoms with Crippen molar-refractivity contribution in [2.45, 2.75) is 13.0 Å². The first-order valence-corrected chi connectivity index (χ1v) is 6.53. The van der Waals surface area contributed by atoms with Crippen LogP contribution in [0, 0.1) is 6.92 Å². The molecule has 0 amide bonds. The van der Waals surface area contributed by atoms with Gasteiger partial charge in [0.15, 0.2) is 6.04 Å². The molecule has 0 bridgehead atoms. The molecule has 0 aliphatic heterocycles. The lowest BCUT2D eigenvalue weighted by Gasteiger charge is -2.18. The Morgan fingerprint density at radius 3 is 2.74 bits per heavy atom. The Hall–Kier alpha value is -1.88. The van der Waals surface area contributed by atoms with Crippen LogP contribution in [0.5, 0.6) is 0 Å². The number of para-hydroxylation sites is 1. The van der Waals surface area contributed by atoms with Crippen LogP contribution in [-0.2, 0) is 4.79 Å². The number of carboxylic acids is 1. The zero-order valence-electron chi connectivity index (χ0n) is 10.3. The third-order valence-electron chi connectivity index (χ3n) is 2.81. The summed E-state index contributed by atoms with van der Waals surface area (Å²) < 4.78 is 0.822. The van der Waals surface area contributed by atoms with E-state index in [4.69, 9.17) is 0 Å². The molecule has 0 fully saturated rings. The summed E-state index contributed by atoms with van der Waals surface area (Å²) in [5.74, 6) is -0.938. The fourth-order valence-corrected chi connectivity index (χ4v) is 2.18. The number of benzene rings is 1. The van der Waals surface area contributed by atoms with Gasteiger partial charge in [0.1, 0.15) is 0 Å². The summed E-state index contributed by atoms with van der Waals surface area (Å²) in [4.78, 5) is 15.5. The van der Waals surface area contributed by atoms with E-state index in [0.29, 0.717) is 5.56 Å². The lowest BCUT2D eigenvalue weighted by atomic mass is 10.0. The minimum absolute atomic E-state index is 0.658. The number of pyridine rings is 1. The monoisotopic (exact) mass is 320 g/mol. The average molecular weight is 321 g/mol. The lowest BCUT2D eigenvalue weighted by Crippen LogP contribution is -2.21. The molecule has 0 aliphatic rings. The molecule has 0 saturated carbocycles. The minimum Gasteiger partial charge on any atom is -0.479 e. The molecule has 2 rings (SSSR count). The van der Waals surface area contributed by atoms with Crippen molar-refractivity contribution in [3.05, 3.63) is 58.3 Å². The Kier molecular flexibility index (Phi) is 4.16. The van der Waals surface area contributed by atoms with Gasteiger partial charge in [-0.1, -0.05) is 12.1 Å². The predicted molar refractivity (Wildman–Crippen MR) is 77.1 cm³/mol. The van der Waals surface area contributed by atoms with Crippen molar-refractivity contribution in [2.24, 2.45) is 0 Å². The van der Waals surface area contributed by atoms with E-state index in [-0.39, 0.29) is 0 Å². The van der Waals surface area contributed by atoms with Crippen LogP contribution in [0.15, 0.2) is 47.2 Å². The number of hydrogen-bond acceptors (Lipinski definition) is 3. The molecule has 98 valence electrons. The highest BCUT2D eigenvalue weighted by molar-refractivity contribution is 9.10. The maximum Gasteiger partial charge on any atom is 0.330 e. The molecule has 1 heterocycles. The van der Waals surface area contributed by atoms with Crippen molar-refractivity contribution in [1.29, 1.82) is 0 Å². The van der Waals surface area contributed by atoms with E-state index in [9.17, 15) is 9.90 Å². The van der Waals surface area contributed by atoms with Gasteiger partial charge in [0.2, 0.25) is 0 Å². The van der Waals surface area contributed by atoms with E-state index >= 15 is 0 Å². The van der Waals surface area contributed by atoms with Gasteiger partial charge in [-0.25, -0.2) is 4.79 Å². The quantitative estimate of drug-likeness (QED) is 0.906. The van der Waals surface area contributed by atoms with Gasteiger partial charge in [0, 0.05) is 28.1 Å². The summed E-state index contributed by atoms with van der Waals surface area (Å²) in [6, 6.07) is 8.38. The van der Waals surface area contributed by atoms with E-state index in [0.717, 1.165) is 15.7 Å². The molecule has 1 unspecified atom stereocenters. The third kappa shape index (κ3) is 3.12. The number of halogens is 1. The normalized spacial score (nSPS) is 11.9. The number of carbonyl (C=O) groups is 1. The van der Waals surface area contributed by atoms with Crippen LogP contribution in [-0.4, -0.2) is 16.1 Å². The molecular formula is C14H13BrN2O2. The fourth-order valence-electron chi connectivity index (χ4n) is 1.78. The second-order valence-corrected chi connectivity index (χ2v) is 4.98. The van der Waals surface area contributed by atoms with Gasteiger partial charge in [-0.15, -0.1) is 0 Å². The number of anilines is 1. The molecule has 1 aromatic carbocycles. The number of nitrogens with one attached hydrogen (secondary N) is 1. The molecular weight excluding hydrogens is 308 g/mol. The number of aromatic nitrogens is 1. The van der Waals surface area contributed by atoms with E-state index in [1.165, 1.54) is 0 Å². The number of hydrogen-bond donors (Lipinski definition) is 2. The lowest BCUT2D eigenvalue weighted by molar-refractivity contribution is -0.138. The first-order valence-electron chi connectivity index (χ1n) is 5.74. The van der Waals surface area contributed by atoms with Crippen LogP contribution in [0.25, 0.3) is 0 Å². The third-order valence-corrected chi connectivity index (χ3v) is 3.50. The molecule has 5 heteroatoms. The number of rotatable bonds is 4. The molecule has 1 aromatic heterocycles. The average Bonchev–Trinajstić information content (AvgIpc) is 2.38. The molecule has 4 nitrogen and oxygen atoms in total. The van der Waals surface area contributed by atoms with Crippen molar-refractivity contribution in [1.82, 2.24) is 4.98 Å². The second kappa shape index (κ2) is 5.84. The first kappa shape index (κ1) is 13.5. The fraction of sp³-hybridized carbons (Fsp3) is 0.143. The molecule has 2 aromatic rings. The van der Waals surface area contributed by atoms with Gasteiger partial charge < -0.3 is 10.4 Å². The Bertz CT molecular complexity index is 602. The van der Waals surface area contributed by atoms with Crippen LogP contribution < -0.4 is 5.32 Å². The SMILES string of the molecule is Cc1ccncc1C(Nc1ccccc1Br)C(=O)O. The summed E-state index contributed by atoms with van der Waals surface area (Å²) in [5.41, 5.74) is 2.28. The van der Waals surface area contributed by atoms with Gasteiger partial charge in [-0.2, -0.15) is 0 Å². The molecule has 2 N–H and O–H groups in total. The largest absolute Gasteiger partial charge is 0.479 e. The smallest absolute Gasteiger partial charge is 0.330 e. The first-order chi connectivity index (χ1) is 9.09. The van der Waals surface area contributed by atoms with E-state index in [1.807, 2.05) is 31.2 Å². The Morgan fingerprint density at radius 1 is 1.37 bits per heavy atom. The van der Waals surface area contributed by atoms with Crippen LogP contribution >= 0.6 is 15.9 Å². The maximum atomic E-state index is 11.5. The standard InChI is InChI=1S/C14H13BrN2O2/c1-9-6-7-16-8-10(9)13(14(18)19)17-12-5-3-2-4-11(12)15/h2-8,13,17H,1H3,(H,18,19). The summed E-state index contributed by atoms with van der Waals surface area (Å²) in [6.45, 7) is 1.87. The summed E-state index contributed by atoms with van der Waals surface area (Å²) in [6.07, 6.45) is 3.23. The highest BCUT2D eigenvalue weighted by Gasteiger charge is 2.22. The molecule has 0 saturated heterocycles. The van der Waals surface area contributed by atoms with Crippen molar-refractivity contribution < 1.29 is 9.90 Å². The molecule has 0 aliphatic carbocycles. The molecule has 0 spiro atoms. The summed E-state index contributed by atoms with van der Waals surface area (Å²) >= 11 is 3.39. The van der Waals surface area contributed by atoms with E-state index in [1.54, 1.807) is 18.5 Å². The number of aryl methyl sites for hydroxylation is 1. The van der Waals surface area contributed by atoms with Crippen LogP contribution in [0.1, 0.15) is 17.2 Å². The highest BCUT2D eigenvalue weighted by Crippen LogP contribution is 2.27. The summed E-state index contributed by atoms with van der Waals surface area (Å²) in [7, 11) is 0. The molecule has 19 heavy (non-hydrogen) atoms. The van der Waals surface area contributed by atoms with Crippen molar-refractivity contribution in [3.8, 4) is 0 Å². The zero-order chi connectivity index (χ0) is 13.8. The topological polar surface area (TPSA) is 62.2 Å². The Morgan fingerprint density at radius 2 is 2.11 bits per heavy atom. The predicted octanol–water partition coefficient (Wildman–Crippen LogP) is 3.39. The van der Waals surface area contributed by atoms with Gasteiger partial charge in [-0.3, -0.25) is 4.98 Å². The molecule has 1 atom stereocenters. The number of nitrogens with zero attached hydrogens (tertiary/aromatic N) is 1. The Balaban J connectivity index is 2.35. The van der Waals surface area contributed by atoms with Gasteiger partial charge in [-0.05, 0) is 46.6 Å². The Labute approximate surface area is 119 Å². The van der Waals surface area contributed by atoms with Crippen molar-refractivity contribution in [3.63, 3.8) is 0 Å². The van der Waals surface area contributed by atoms with E-state index < -0.39 is 12.0 Å².